The molecule has 16 heavy (non-hydrogen) atoms. The number of aromatic nitrogens is 3. The fourth-order valence-electron chi connectivity index (χ4n) is 1.59. The van der Waals surface area contributed by atoms with E-state index in [0.717, 1.165) is 0 Å². The Labute approximate surface area is 96.1 Å². The summed E-state index contributed by atoms with van der Waals surface area (Å²) < 4.78 is 17.8. The van der Waals surface area contributed by atoms with Crippen molar-refractivity contribution in [2.24, 2.45) is 0 Å². The molecule has 0 aliphatic rings. The van der Waals surface area contributed by atoms with Crippen molar-refractivity contribution < 1.29 is 2.74 Å². The molecule has 3 nitrogen and oxygen atoms in total. The maximum atomic E-state index is 8.23. The van der Waals surface area contributed by atoms with E-state index in [2.05, 4.69) is 10.3 Å². The summed E-state index contributed by atoms with van der Waals surface area (Å²) in [7, 11) is 0. The van der Waals surface area contributed by atoms with E-state index in [-0.39, 0.29) is 0 Å². The van der Waals surface area contributed by atoms with E-state index in [1.165, 1.54) is 4.68 Å². The third kappa shape index (κ3) is 1.56. The Morgan fingerprint density at radius 2 is 1.75 bits per heavy atom. The van der Waals surface area contributed by atoms with Crippen LogP contribution in [0.2, 0.25) is 0 Å². The van der Waals surface area contributed by atoms with Gasteiger partial charge in [-0.15, -0.1) is 5.10 Å². The van der Waals surface area contributed by atoms with Crippen LogP contribution in [0.15, 0.2) is 54.6 Å². The topological polar surface area (TPSA) is 30.7 Å². The van der Waals surface area contributed by atoms with Gasteiger partial charge in [0.05, 0.1) is 14.8 Å². The van der Waals surface area contributed by atoms with Crippen molar-refractivity contribution >= 4 is 11.0 Å². The van der Waals surface area contributed by atoms with E-state index in [1.807, 2.05) is 42.5 Å². The fourth-order valence-corrected chi connectivity index (χ4v) is 1.59. The summed E-state index contributed by atoms with van der Waals surface area (Å²) in [6.07, 6.45) is 0. The SMILES string of the molecule is [2H]C([2H])(c1ccccc1)n1nnc2ccccc21. The van der Waals surface area contributed by atoms with E-state index in [0.29, 0.717) is 16.6 Å². The first-order chi connectivity index (χ1) is 8.69. The van der Waals surface area contributed by atoms with Crippen molar-refractivity contribution in [3.05, 3.63) is 60.2 Å². The van der Waals surface area contributed by atoms with Gasteiger partial charge >= 0.3 is 0 Å². The van der Waals surface area contributed by atoms with Gasteiger partial charge in [0.25, 0.3) is 0 Å². The molecular formula is C13H11N3. The van der Waals surface area contributed by atoms with Crippen molar-refractivity contribution in [2.45, 2.75) is 6.50 Å². The van der Waals surface area contributed by atoms with Crippen molar-refractivity contribution in [3.63, 3.8) is 0 Å². The van der Waals surface area contributed by atoms with Gasteiger partial charge in [0, 0.05) is 0 Å². The number of hydrogen-bond acceptors (Lipinski definition) is 2. The van der Waals surface area contributed by atoms with Crippen LogP contribution >= 0.6 is 0 Å². The number of para-hydroxylation sites is 1. The van der Waals surface area contributed by atoms with E-state index < -0.39 is 6.50 Å². The Balaban J connectivity index is 2.20. The lowest BCUT2D eigenvalue weighted by Crippen LogP contribution is -2.01. The molecular weight excluding hydrogens is 198 g/mol. The molecule has 3 aromatic rings. The summed E-state index contributed by atoms with van der Waals surface area (Å²) in [5.41, 5.74) is 1.93. The summed E-state index contributed by atoms with van der Waals surface area (Å²) in [6.45, 7) is -1.71. The molecule has 0 aliphatic carbocycles. The molecule has 3 rings (SSSR count). The highest BCUT2D eigenvalue weighted by Crippen LogP contribution is 2.11. The molecule has 0 bridgehead atoms. The number of fused-ring (bicyclic) bond motifs is 1. The van der Waals surface area contributed by atoms with Crippen LogP contribution in [0.1, 0.15) is 8.30 Å². The quantitative estimate of drug-likeness (QED) is 0.652. The van der Waals surface area contributed by atoms with E-state index in [1.54, 1.807) is 12.1 Å². The van der Waals surface area contributed by atoms with Gasteiger partial charge in [0.1, 0.15) is 5.52 Å². The average Bonchev–Trinajstić information content (AvgIpc) is 2.84. The number of benzene rings is 2. The van der Waals surface area contributed by atoms with Crippen molar-refractivity contribution in [1.82, 2.24) is 15.0 Å². The molecule has 2 aromatic carbocycles. The first-order valence-electron chi connectivity index (χ1n) is 6.06. The molecule has 0 unspecified atom stereocenters. The second-order valence-corrected chi connectivity index (χ2v) is 3.47. The number of rotatable bonds is 2. The van der Waals surface area contributed by atoms with E-state index in [9.17, 15) is 0 Å². The van der Waals surface area contributed by atoms with Crippen molar-refractivity contribution in [2.75, 3.05) is 0 Å². The Bertz CT molecular complexity index is 677. The van der Waals surface area contributed by atoms with Gasteiger partial charge in [0.15, 0.2) is 0 Å². The van der Waals surface area contributed by atoms with Crippen LogP contribution < -0.4 is 0 Å². The van der Waals surface area contributed by atoms with Gasteiger partial charge in [-0.3, -0.25) is 0 Å². The highest BCUT2D eigenvalue weighted by atomic mass is 15.4. The zero-order chi connectivity index (χ0) is 12.6. The minimum atomic E-state index is -1.71. The highest BCUT2D eigenvalue weighted by molar-refractivity contribution is 5.73. The maximum absolute atomic E-state index is 8.23. The van der Waals surface area contributed by atoms with E-state index >= 15 is 0 Å². The average molecular weight is 211 g/mol. The minimum Gasteiger partial charge on any atom is -0.240 e. The van der Waals surface area contributed by atoms with Gasteiger partial charge < -0.3 is 0 Å². The lowest BCUT2D eigenvalue weighted by molar-refractivity contribution is 0.670. The molecule has 0 amide bonds. The van der Waals surface area contributed by atoms with Gasteiger partial charge in [0.2, 0.25) is 0 Å². The lowest BCUT2D eigenvalue weighted by Gasteiger charge is -2.01. The van der Waals surface area contributed by atoms with Gasteiger partial charge in [-0.25, -0.2) is 4.68 Å². The second kappa shape index (κ2) is 3.77. The molecule has 0 saturated carbocycles. The van der Waals surface area contributed by atoms with Crippen molar-refractivity contribution in [3.8, 4) is 0 Å². The number of nitrogens with zero attached hydrogens (tertiary/aromatic N) is 3. The Morgan fingerprint density at radius 3 is 2.62 bits per heavy atom. The summed E-state index contributed by atoms with van der Waals surface area (Å²) >= 11 is 0. The van der Waals surface area contributed by atoms with Crippen LogP contribution in [0.25, 0.3) is 11.0 Å². The van der Waals surface area contributed by atoms with Crippen LogP contribution in [-0.2, 0) is 6.50 Å². The highest BCUT2D eigenvalue weighted by Gasteiger charge is 2.02. The predicted octanol–water partition coefficient (Wildman–Crippen LogP) is 2.48. The molecule has 0 saturated heterocycles. The summed E-state index contributed by atoms with van der Waals surface area (Å²) in [5, 5.41) is 7.92. The molecule has 78 valence electrons. The van der Waals surface area contributed by atoms with Gasteiger partial charge in [-0.2, -0.15) is 0 Å². The third-order valence-electron chi connectivity index (χ3n) is 2.36. The summed E-state index contributed by atoms with van der Waals surface area (Å²) in [6, 6.07) is 16.3. The number of hydrogen-bond donors (Lipinski definition) is 0. The maximum Gasteiger partial charge on any atom is 0.113 e. The third-order valence-corrected chi connectivity index (χ3v) is 2.36. The molecule has 1 heterocycles. The zero-order valence-corrected chi connectivity index (χ0v) is 8.54. The van der Waals surface area contributed by atoms with E-state index in [4.69, 9.17) is 2.74 Å². The van der Waals surface area contributed by atoms with Crippen LogP contribution in [0.5, 0.6) is 0 Å². The molecule has 0 N–H and O–H groups in total. The first-order valence-corrected chi connectivity index (χ1v) is 5.06. The molecule has 0 fully saturated rings. The predicted molar refractivity (Wildman–Crippen MR) is 63.1 cm³/mol. The normalized spacial score (nSPS) is 13.5. The minimum absolute atomic E-state index is 0.556. The van der Waals surface area contributed by atoms with Crippen LogP contribution in [0, 0.1) is 0 Å². The largest absolute Gasteiger partial charge is 0.240 e. The Morgan fingerprint density at radius 1 is 1.00 bits per heavy atom. The van der Waals surface area contributed by atoms with Crippen LogP contribution in [-0.4, -0.2) is 15.0 Å². The first kappa shape index (κ1) is 7.17. The van der Waals surface area contributed by atoms with Crippen LogP contribution in [0.3, 0.4) is 0 Å². The smallest absolute Gasteiger partial charge is 0.113 e. The van der Waals surface area contributed by atoms with Crippen molar-refractivity contribution in [1.29, 1.82) is 0 Å². The zero-order valence-electron chi connectivity index (χ0n) is 10.5. The monoisotopic (exact) mass is 211 g/mol. The lowest BCUT2D eigenvalue weighted by atomic mass is 10.2. The standard InChI is InChI=1S/C13H11N3/c1-2-6-11(7-3-1)10-16-13-9-5-4-8-12(13)14-15-16/h1-9H,10H2/i10D2. The Hall–Kier alpha value is -2.16. The Kier molecular flexibility index (Phi) is 1.69. The molecule has 0 atom stereocenters. The van der Waals surface area contributed by atoms with Gasteiger partial charge in [-0.05, 0) is 17.7 Å². The molecule has 0 radical (unpaired) electrons. The van der Waals surface area contributed by atoms with Gasteiger partial charge in [-0.1, -0.05) is 47.7 Å². The molecule has 1 aromatic heterocycles. The summed E-state index contributed by atoms with van der Waals surface area (Å²) in [4.78, 5) is 0. The van der Waals surface area contributed by atoms with Crippen LogP contribution in [0.4, 0.5) is 0 Å². The molecule has 0 aliphatic heterocycles. The summed E-state index contributed by atoms with van der Waals surface area (Å²) in [5.74, 6) is 0. The fraction of sp³-hybridized carbons (Fsp3) is 0.0769. The second-order valence-electron chi connectivity index (χ2n) is 3.47. The molecule has 0 spiro atoms. The molecule has 3 heteroatoms.